The zero-order valence-corrected chi connectivity index (χ0v) is 14.5. The standard InChI is InChI=1S/C18H28N2O3/c1-12(2)17-15(8-9-23-17)11-19-18(21)20-16-7-5-6-14(10-16)13(3)22-4/h5-7,10,12-13,15,17H,8-9,11H2,1-4H3,(H2,19,20,21)/t13-,15+,17-/m1/s1. The van der Waals surface area contributed by atoms with Crippen molar-refractivity contribution in [1.29, 1.82) is 0 Å². The van der Waals surface area contributed by atoms with Crippen molar-refractivity contribution < 1.29 is 14.3 Å². The van der Waals surface area contributed by atoms with E-state index in [1.165, 1.54) is 0 Å². The van der Waals surface area contributed by atoms with Gasteiger partial charge in [-0.1, -0.05) is 26.0 Å². The summed E-state index contributed by atoms with van der Waals surface area (Å²) in [6.07, 6.45) is 1.24. The van der Waals surface area contributed by atoms with Crippen LogP contribution >= 0.6 is 0 Å². The van der Waals surface area contributed by atoms with Crippen LogP contribution in [-0.2, 0) is 9.47 Å². The number of carbonyl (C=O) groups is 1. The van der Waals surface area contributed by atoms with Gasteiger partial charge in [0.05, 0.1) is 12.2 Å². The zero-order valence-electron chi connectivity index (χ0n) is 14.5. The first-order valence-electron chi connectivity index (χ1n) is 8.30. The molecule has 1 heterocycles. The molecule has 5 nitrogen and oxygen atoms in total. The van der Waals surface area contributed by atoms with E-state index in [1.54, 1.807) is 7.11 Å². The summed E-state index contributed by atoms with van der Waals surface area (Å²) in [6, 6.07) is 7.53. The maximum atomic E-state index is 12.1. The molecule has 5 heteroatoms. The maximum Gasteiger partial charge on any atom is 0.319 e. The third-order valence-corrected chi connectivity index (χ3v) is 4.41. The molecule has 1 fully saturated rings. The van der Waals surface area contributed by atoms with E-state index in [-0.39, 0.29) is 18.2 Å². The minimum absolute atomic E-state index is 0.00208. The average molecular weight is 320 g/mol. The van der Waals surface area contributed by atoms with Crippen molar-refractivity contribution in [2.75, 3.05) is 25.6 Å². The predicted octanol–water partition coefficient (Wildman–Crippen LogP) is 3.58. The highest BCUT2D eigenvalue weighted by atomic mass is 16.5. The van der Waals surface area contributed by atoms with Crippen molar-refractivity contribution in [3.63, 3.8) is 0 Å². The Morgan fingerprint density at radius 1 is 1.39 bits per heavy atom. The van der Waals surface area contributed by atoms with Crippen molar-refractivity contribution in [3.05, 3.63) is 29.8 Å². The summed E-state index contributed by atoms with van der Waals surface area (Å²) in [5, 5.41) is 5.84. The van der Waals surface area contributed by atoms with Crippen molar-refractivity contribution in [2.45, 2.75) is 39.4 Å². The molecule has 0 saturated carbocycles. The van der Waals surface area contributed by atoms with Gasteiger partial charge in [-0.2, -0.15) is 0 Å². The lowest BCUT2D eigenvalue weighted by Crippen LogP contribution is -2.37. The first-order valence-corrected chi connectivity index (χ1v) is 8.30. The number of carbonyl (C=O) groups excluding carboxylic acids is 1. The first kappa shape index (κ1) is 17.8. The van der Waals surface area contributed by atoms with E-state index in [4.69, 9.17) is 9.47 Å². The van der Waals surface area contributed by atoms with Gasteiger partial charge >= 0.3 is 6.03 Å². The number of ether oxygens (including phenoxy) is 2. The van der Waals surface area contributed by atoms with Gasteiger partial charge in [0.2, 0.25) is 0 Å². The molecule has 0 radical (unpaired) electrons. The van der Waals surface area contributed by atoms with Crippen molar-refractivity contribution >= 4 is 11.7 Å². The molecular formula is C18H28N2O3. The maximum absolute atomic E-state index is 12.1. The Balaban J connectivity index is 1.85. The van der Waals surface area contributed by atoms with Gasteiger partial charge in [-0.15, -0.1) is 0 Å². The molecule has 0 spiro atoms. The molecule has 1 aromatic carbocycles. The summed E-state index contributed by atoms with van der Waals surface area (Å²) in [4.78, 5) is 12.1. The Bertz CT molecular complexity index is 519. The van der Waals surface area contributed by atoms with Crippen molar-refractivity contribution in [2.24, 2.45) is 11.8 Å². The molecule has 1 aromatic rings. The predicted molar refractivity (Wildman–Crippen MR) is 91.6 cm³/mol. The molecule has 2 amide bonds. The molecule has 2 N–H and O–H groups in total. The van der Waals surface area contributed by atoms with E-state index in [0.717, 1.165) is 24.3 Å². The van der Waals surface area contributed by atoms with Crippen LogP contribution in [0.15, 0.2) is 24.3 Å². The number of nitrogens with one attached hydrogen (secondary N) is 2. The quantitative estimate of drug-likeness (QED) is 0.842. The van der Waals surface area contributed by atoms with Gasteiger partial charge in [-0.3, -0.25) is 0 Å². The molecule has 23 heavy (non-hydrogen) atoms. The molecular weight excluding hydrogens is 292 g/mol. The van der Waals surface area contributed by atoms with Gasteiger partial charge in [0, 0.05) is 31.9 Å². The highest BCUT2D eigenvalue weighted by molar-refractivity contribution is 5.89. The van der Waals surface area contributed by atoms with Crippen LogP contribution in [0.1, 0.15) is 38.9 Å². The third-order valence-electron chi connectivity index (χ3n) is 4.41. The Kier molecular flexibility index (Phi) is 6.42. The summed E-state index contributed by atoms with van der Waals surface area (Å²) >= 11 is 0. The molecule has 0 bridgehead atoms. The number of hydrogen-bond donors (Lipinski definition) is 2. The lowest BCUT2D eigenvalue weighted by atomic mass is 9.93. The molecule has 128 valence electrons. The number of rotatable bonds is 6. The van der Waals surface area contributed by atoms with Crippen LogP contribution in [0.2, 0.25) is 0 Å². The number of urea groups is 1. The number of hydrogen-bond acceptors (Lipinski definition) is 3. The van der Waals surface area contributed by atoms with E-state index in [1.807, 2.05) is 31.2 Å². The SMILES string of the molecule is CO[C@H](C)c1cccc(NC(=O)NC[C@@H]2CCO[C@@H]2C(C)C)c1. The topological polar surface area (TPSA) is 59.6 Å². The number of anilines is 1. The Morgan fingerprint density at radius 3 is 2.87 bits per heavy atom. The van der Waals surface area contributed by atoms with E-state index < -0.39 is 0 Å². The smallest absolute Gasteiger partial charge is 0.319 e. The summed E-state index contributed by atoms with van der Waals surface area (Å²) in [5.74, 6) is 0.861. The molecule has 3 atom stereocenters. The van der Waals surface area contributed by atoms with E-state index in [0.29, 0.717) is 18.4 Å². The number of amides is 2. The van der Waals surface area contributed by atoms with Crippen LogP contribution in [0.4, 0.5) is 10.5 Å². The lowest BCUT2D eigenvalue weighted by molar-refractivity contribution is 0.0546. The van der Waals surface area contributed by atoms with E-state index in [2.05, 4.69) is 24.5 Å². The van der Waals surface area contributed by atoms with E-state index in [9.17, 15) is 4.79 Å². The second-order valence-electron chi connectivity index (χ2n) is 6.47. The largest absolute Gasteiger partial charge is 0.378 e. The number of benzene rings is 1. The molecule has 0 unspecified atom stereocenters. The molecule has 1 saturated heterocycles. The van der Waals surface area contributed by atoms with Crippen LogP contribution in [0.5, 0.6) is 0 Å². The van der Waals surface area contributed by atoms with Crippen molar-refractivity contribution in [1.82, 2.24) is 5.32 Å². The van der Waals surface area contributed by atoms with Gasteiger partial charge < -0.3 is 20.1 Å². The van der Waals surface area contributed by atoms with Crippen molar-refractivity contribution in [3.8, 4) is 0 Å². The second-order valence-corrected chi connectivity index (χ2v) is 6.47. The second kappa shape index (κ2) is 8.31. The van der Waals surface area contributed by atoms with E-state index >= 15 is 0 Å². The average Bonchev–Trinajstić information content (AvgIpc) is 3.01. The summed E-state index contributed by atoms with van der Waals surface area (Å²) < 4.78 is 11.0. The van der Waals surface area contributed by atoms with Crippen LogP contribution in [0.3, 0.4) is 0 Å². The highest BCUT2D eigenvalue weighted by Gasteiger charge is 2.30. The lowest BCUT2D eigenvalue weighted by Gasteiger charge is -2.22. The first-order chi connectivity index (χ1) is 11.0. The van der Waals surface area contributed by atoms with Crippen LogP contribution in [0, 0.1) is 11.8 Å². The van der Waals surface area contributed by atoms with Gasteiger partial charge in [0.15, 0.2) is 0 Å². The Labute approximate surface area is 138 Å². The molecule has 0 aliphatic carbocycles. The van der Waals surface area contributed by atoms with Gasteiger partial charge in [0.25, 0.3) is 0 Å². The zero-order chi connectivity index (χ0) is 16.8. The Morgan fingerprint density at radius 2 is 2.17 bits per heavy atom. The fourth-order valence-electron chi connectivity index (χ4n) is 3.02. The monoisotopic (exact) mass is 320 g/mol. The molecule has 1 aliphatic heterocycles. The number of methoxy groups -OCH3 is 1. The normalized spacial score (nSPS) is 22.1. The fraction of sp³-hybridized carbons (Fsp3) is 0.611. The van der Waals surface area contributed by atoms with Gasteiger partial charge in [-0.05, 0) is 37.0 Å². The van der Waals surface area contributed by atoms with Gasteiger partial charge in [0.1, 0.15) is 0 Å². The fourth-order valence-corrected chi connectivity index (χ4v) is 3.02. The minimum atomic E-state index is -0.179. The molecule has 2 rings (SSSR count). The molecule has 0 aromatic heterocycles. The summed E-state index contributed by atoms with van der Waals surface area (Å²) in [6.45, 7) is 7.72. The highest BCUT2D eigenvalue weighted by Crippen LogP contribution is 2.26. The Hall–Kier alpha value is -1.59. The minimum Gasteiger partial charge on any atom is -0.378 e. The molecule has 1 aliphatic rings. The van der Waals surface area contributed by atoms with Gasteiger partial charge in [-0.25, -0.2) is 4.79 Å². The summed E-state index contributed by atoms with van der Waals surface area (Å²) in [5.41, 5.74) is 1.81. The third kappa shape index (κ3) is 4.94. The van der Waals surface area contributed by atoms with Crippen LogP contribution in [-0.4, -0.2) is 32.4 Å². The van der Waals surface area contributed by atoms with Crippen LogP contribution < -0.4 is 10.6 Å². The van der Waals surface area contributed by atoms with Crippen LogP contribution in [0.25, 0.3) is 0 Å². The summed E-state index contributed by atoms with van der Waals surface area (Å²) in [7, 11) is 1.67.